The Labute approximate surface area is 344 Å². The summed E-state index contributed by atoms with van der Waals surface area (Å²) in [4.78, 5) is 2.44. The van der Waals surface area contributed by atoms with Gasteiger partial charge in [0.15, 0.2) is 8.07 Å². The first kappa shape index (κ1) is 35.9. The van der Waals surface area contributed by atoms with E-state index in [1.165, 1.54) is 77.0 Å². The predicted molar refractivity (Wildman–Crippen MR) is 249 cm³/mol. The molecular formula is C56H47NSi. The molecular weight excluding hydrogens is 715 g/mol. The van der Waals surface area contributed by atoms with Crippen molar-refractivity contribution in [1.82, 2.24) is 0 Å². The highest BCUT2D eigenvalue weighted by atomic mass is 28.3. The topological polar surface area (TPSA) is 3.24 Å². The Kier molecular flexibility index (Phi) is 8.58. The summed E-state index contributed by atoms with van der Waals surface area (Å²) in [7, 11) is -2.54. The molecule has 0 heterocycles. The highest BCUT2D eigenvalue weighted by Gasteiger charge is 2.39. The Hall–Kier alpha value is -6.48. The van der Waals surface area contributed by atoms with Gasteiger partial charge in [-0.1, -0.05) is 203 Å². The molecule has 2 aliphatic carbocycles. The molecule has 0 aromatic heterocycles. The number of anilines is 3. The minimum atomic E-state index is -2.54. The van der Waals surface area contributed by atoms with Crippen LogP contribution in [0.3, 0.4) is 0 Å². The molecule has 280 valence electrons. The van der Waals surface area contributed by atoms with Crippen LogP contribution in [0.25, 0.3) is 28.3 Å². The SMILES string of the molecule is CC1(C)c2ccccc2-c2ccc(N(c3ccccc3)c3ccc4c(c3)C(C)(C)c3cc(/C=C/[Si](c5ccccc5)(c5ccccc5)c5ccccc5)ccc3-4)cc21. The van der Waals surface area contributed by atoms with Crippen LogP contribution < -0.4 is 20.5 Å². The van der Waals surface area contributed by atoms with E-state index in [1.807, 2.05) is 0 Å². The van der Waals surface area contributed by atoms with Crippen LogP contribution in [0, 0.1) is 0 Å². The maximum absolute atomic E-state index is 2.55. The normalized spacial score (nSPS) is 14.4. The first-order chi connectivity index (χ1) is 28.3. The molecule has 0 spiro atoms. The lowest BCUT2D eigenvalue weighted by Gasteiger charge is -2.31. The number of fused-ring (bicyclic) bond motifs is 6. The molecule has 0 aliphatic heterocycles. The molecule has 0 saturated heterocycles. The molecule has 2 heteroatoms. The zero-order valence-electron chi connectivity index (χ0n) is 33.7. The molecule has 0 atom stereocenters. The third-order valence-corrected chi connectivity index (χ3v) is 17.4. The molecule has 0 amide bonds. The monoisotopic (exact) mass is 761 g/mol. The summed E-state index contributed by atoms with van der Waals surface area (Å²) in [5, 5.41) is 4.14. The second-order valence-corrected chi connectivity index (χ2v) is 20.7. The van der Waals surface area contributed by atoms with Gasteiger partial charge in [-0.3, -0.25) is 0 Å². The summed E-state index contributed by atoms with van der Waals surface area (Å²) in [5.74, 6) is 0. The molecule has 0 fully saturated rings. The Morgan fingerprint density at radius 2 is 0.759 bits per heavy atom. The molecule has 10 rings (SSSR count). The summed E-state index contributed by atoms with van der Waals surface area (Å²) in [6.07, 6.45) is 2.40. The molecule has 0 saturated carbocycles. The largest absolute Gasteiger partial charge is 0.310 e. The minimum absolute atomic E-state index is 0.0799. The summed E-state index contributed by atoms with van der Waals surface area (Å²) < 4.78 is 0. The van der Waals surface area contributed by atoms with Gasteiger partial charge in [-0.15, -0.1) is 0 Å². The fourth-order valence-corrected chi connectivity index (χ4v) is 14.1. The van der Waals surface area contributed by atoms with E-state index in [0.717, 1.165) is 5.69 Å². The first-order valence-electron chi connectivity index (χ1n) is 20.5. The zero-order chi connectivity index (χ0) is 39.5. The van der Waals surface area contributed by atoms with Gasteiger partial charge in [0.05, 0.1) is 0 Å². The molecule has 0 bridgehead atoms. The van der Waals surface area contributed by atoms with Gasteiger partial charge in [-0.05, 0) is 102 Å². The van der Waals surface area contributed by atoms with E-state index in [2.05, 4.69) is 245 Å². The lowest BCUT2D eigenvalue weighted by atomic mass is 9.81. The summed E-state index contributed by atoms with van der Waals surface area (Å²) in [6.45, 7) is 9.52. The number of para-hydroxylation sites is 1. The van der Waals surface area contributed by atoms with E-state index in [9.17, 15) is 0 Å². The van der Waals surface area contributed by atoms with Crippen molar-refractivity contribution in [3.8, 4) is 22.3 Å². The Bertz CT molecular complexity index is 2720. The average molecular weight is 762 g/mol. The number of benzene rings is 8. The summed E-state index contributed by atoms with van der Waals surface area (Å²) in [5.41, 5.74) is 17.8. The van der Waals surface area contributed by atoms with Gasteiger partial charge >= 0.3 is 0 Å². The van der Waals surface area contributed by atoms with Crippen molar-refractivity contribution in [2.45, 2.75) is 38.5 Å². The van der Waals surface area contributed by atoms with Crippen molar-refractivity contribution >= 4 is 46.8 Å². The van der Waals surface area contributed by atoms with E-state index in [-0.39, 0.29) is 10.8 Å². The summed E-state index contributed by atoms with van der Waals surface area (Å²) in [6, 6.07) is 74.4. The van der Waals surface area contributed by atoms with Crippen LogP contribution in [0.1, 0.15) is 55.5 Å². The van der Waals surface area contributed by atoms with Gasteiger partial charge in [0, 0.05) is 27.9 Å². The lowest BCUT2D eigenvalue weighted by Crippen LogP contribution is -2.66. The number of hydrogen-bond acceptors (Lipinski definition) is 1. The fourth-order valence-electron chi connectivity index (χ4n) is 9.95. The van der Waals surface area contributed by atoms with E-state index in [1.54, 1.807) is 0 Å². The maximum atomic E-state index is 2.55. The van der Waals surface area contributed by atoms with E-state index >= 15 is 0 Å². The molecule has 0 unspecified atom stereocenters. The van der Waals surface area contributed by atoms with E-state index in [4.69, 9.17) is 0 Å². The van der Waals surface area contributed by atoms with E-state index < -0.39 is 8.07 Å². The van der Waals surface area contributed by atoms with Gasteiger partial charge in [0.1, 0.15) is 0 Å². The van der Waals surface area contributed by atoms with Crippen molar-refractivity contribution in [3.05, 3.63) is 234 Å². The zero-order valence-corrected chi connectivity index (χ0v) is 34.7. The highest BCUT2D eigenvalue weighted by molar-refractivity contribution is 7.15. The lowest BCUT2D eigenvalue weighted by molar-refractivity contribution is 0.660. The van der Waals surface area contributed by atoms with Crippen molar-refractivity contribution in [2.75, 3.05) is 4.90 Å². The quantitative estimate of drug-likeness (QED) is 0.110. The highest BCUT2D eigenvalue weighted by Crippen LogP contribution is 2.53. The van der Waals surface area contributed by atoms with Gasteiger partial charge in [0.25, 0.3) is 0 Å². The van der Waals surface area contributed by atoms with Crippen LogP contribution in [0.2, 0.25) is 0 Å². The van der Waals surface area contributed by atoms with Crippen molar-refractivity contribution in [2.24, 2.45) is 0 Å². The molecule has 8 aromatic carbocycles. The van der Waals surface area contributed by atoms with Crippen LogP contribution >= 0.6 is 0 Å². The second-order valence-electron chi connectivity index (χ2n) is 17.0. The van der Waals surface area contributed by atoms with Gasteiger partial charge in [-0.2, -0.15) is 0 Å². The number of rotatable bonds is 8. The third-order valence-electron chi connectivity index (χ3n) is 13.0. The first-order valence-corrected chi connectivity index (χ1v) is 22.6. The van der Waals surface area contributed by atoms with Crippen LogP contribution in [-0.2, 0) is 10.8 Å². The third kappa shape index (κ3) is 5.66. The standard InChI is InChI=1S/C56H47NSi/c1-55(2)51-28-18-17-27-47(51)49-33-30-42(38-53(49)55)57(41-19-9-5-10-20-41)43-31-34-50-48-32-29-40(37-52(48)56(3,4)54(50)39-43)35-36-58(44-21-11-6-12-22-44,45-23-13-7-14-24-45)46-25-15-8-16-26-46/h5-39H,1-4H3/b36-35+. The average Bonchev–Trinajstić information content (AvgIpc) is 3.64. The van der Waals surface area contributed by atoms with E-state index in [0.29, 0.717) is 0 Å². The minimum Gasteiger partial charge on any atom is -0.310 e. The Morgan fingerprint density at radius 1 is 0.362 bits per heavy atom. The number of hydrogen-bond donors (Lipinski definition) is 0. The smallest absolute Gasteiger partial charge is 0.172 e. The molecule has 0 N–H and O–H groups in total. The molecule has 58 heavy (non-hydrogen) atoms. The molecule has 8 aromatic rings. The van der Waals surface area contributed by atoms with Crippen molar-refractivity contribution < 1.29 is 0 Å². The van der Waals surface area contributed by atoms with Gasteiger partial charge in [0.2, 0.25) is 0 Å². The maximum Gasteiger partial charge on any atom is 0.172 e. The van der Waals surface area contributed by atoms with Crippen LogP contribution in [-0.4, -0.2) is 8.07 Å². The molecule has 0 radical (unpaired) electrons. The Morgan fingerprint density at radius 3 is 1.28 bits per heavy atom. The predicted octanol–water partition coefficient (Wildman–Crippen LogP) is 12.5. The van der Waals surface area contributed by atoms with Crippen molar-refractivity contribution in [1.29, 1.82) is 0 Å². The fraction of sp³-hybridized carbons (Fsp3) is 0.107. The van der Waals surface area contributed by atoms with Gasteiger partial charge in [-0.25, -0.2) is 0 Å². The number of nitrogens with zero attached hydrogens (tertiary/aromatic N) is 1. The Balaban J connectivity index is 1.06. The summed E-state index contributed by atoms with van der Waals surface area (Å²) >= 11 is 0. The molecule has 1 nitrogen and oxygen atoms in total. The molecule has 2 aliphatic rings. The van der Waals surface area contributed by atoms with Crippen LogP contribution in [0.5, 0.6) is 0 Å². The van der Waals surface area contributed by atoms with Crippen LogP contribution in [0.4, 0.5) is 17.1 Å². The second kappa shape index (κ2) is 13.9. The van der Waals surface area contributed by atoms with Gasteiger partial charge < -0.3 is 4.90 Å². The van der Waals surface area contributed by atoms with Crippen molar-refractivity contribution in [3.63, 3.8) is 0 Å². The van der Waals surface area contributed by atoms with Crippen LogP contribution in [0.15, 0.2) is 206 Å².